The number of aryl methyl sites for hydroxylation is 2. The van der Waals surface area contributed by atoms with Gasteiger partial charge in [-0.25, -0.2) is 0 Å². The zero-order valence-corrected chi connectivity index (χ0v) is 25.6. The van der Waals surface area contributed by atoms with Gasteiger partial charge in [-0.15, -0.1) is 0 Å². The van der Waals surface area contributed by atoms with Crippen molar-refractivity contribution in [1.82, 2.24) is 10.2 Å². The summed E-state index contributed by atoms with van der Waals surface area (Å²) in [5.74, 6) is -3.35. The van der Waals surface area contributed by atoms with Gasteiger partial charge in [0.15, 0.2) is 0 Å². The number of cyclic esters (lactones) is 1. The molecule has 232 valence electrons. The van der Waals surface area contributed by atoms with Crippen LogP contribution in [-0.2, 0) is 28.7 Å². The Kier molecular flexibility index (Phi) is 8.81. The fraction of sp³-hybridized carbons (Fsp3) is 0.576. The van der Waals surface area contributed by atoms with Crippen LogP contribution in [0.1, 0.15) is 51.2 Å². The third-order valence-corrected chi connectivity index (χ3v) is 8.98. The lowest BCUT2D eigenvalue weighted by molar-refractivity contribution is -0.159. The van der Waals surface area contributed by atoms with Crippen LogP contribution in [0.3, 0.4) is 0 Å². The van der Waals surface area contributed by atoms with Crippen LogP contribution in [0.2, 0.25) is 0 Å². The van der Waals surface area contributed by atoms with Gasteiger partial charge in [-0.1, -0.05) is 50.3 Å². The van der Waals surface area contributed by atoms with Crippen molar-refractivity contribution < 1.29 is 33.8 Å². The number of allylic oxidation sites excluding steroid dienone is 1. The Bertz CT molecular complexity index is 1340. The molecular weight excluding hydrogens is 550 g/mol. The molecule has 2 fully saturated rings. The van der Waals surface area contributed by atoms with Gasteiger partial charge in [0, 0.05) is 18.7 Å². The van der Waals surface area contributed by atoms with Crippen molar-refractivity contribution >= 4 is 29.4 Å². The molecule has 0 unspecified atom stereocenters. The average Bonchev–Trinajstić information content (AvgIpc) is 3.60. The van der Waals surface area contributed by atoms with Gasteiger partial charge in [0.1, 0.15) is 23.7 Å². The summed E-state index contributed by atoms with van der Waals surface area (Å²) < 4.78 is 12.2. The number of nitrogens with zero attached hydrogens (tertiary/aromatic N) is 2. The molecule has 1 spiro atoms. The van der Waals surface area contributed by atoms with Gasteiger partial charge in [-0.2, -0.15) is 0 Å². The molecule has 10 nitrogen and oxygen atoms in total. The number of rotatable bonds is 5. The first-order valence-corrected chi connectivity index (χ1v) is 15.3. The Hall–Kier alpha value is -3.50. The Balaban J connectivity index is 1.65. The fourth-order valence-corrected chi connectivity index (χ4v) is 7.01. The molecule has 4 heterocycles. The number of amides is 3. The molecule has 0 saturated carbocycles. The normalized spacial score (nSPS) is 32.7. The van der Waals surface area contributed by atoms with E-state index in [1.807, 2.05) is 58.0 Å². The molecule has 3 amide bonds. The molecule has 1 aromatic rings. The molecule has 10 heteroatoms. The summed E-state index contributed by atoms with van der Waals surface area (Å²) in [6.45, 7) is 9.57. The third-order valence-electron chi connectivity index (χ3n) is 8.98. The van der Waals surface area contributed by atoms with E-state index in [4.69, 9.17) is 9.47 Å². The van der Waals surface area contributed by atoms with Gasteiger partial charge < -0.3 is 29.7 Å². The summed E-state index contributed by atoms with van der Waals surface area (Å²) in [7, 11) is 0. The van der Waals surface area contributed by atoms with Crippen molar-refractivity contribution in [1.29, 1.82) is 0 Å². The summed E-state index contributed by atoms with van der Waals surface area (Å²) in [6, 6.07) is 4.11. The van der Waals surface area contributed by atoms with Crippen LogP contribution in [0.4, 0.5) is 5.69 Å². The predicted octanol–water partition coefficient (Wildman–Crippen LogP) is 2.59. The molecule has 2 N–H and O–H groups in total. The maximum atomic E-state index is 15.0. The van der Waals surface area contributed by atoms with Crippen molar-refractivity contribution in [2.24, 2.45) is 17.8 Å². The first-order chi connectivity index (χ1) is 20.5. The fourth-order valence-electron chi connectivity index (χ4n) is 7.01. The Morgan fingerprint density at radius 1 is 1.12 bits per heavy atom. The molecule has 2 saturated heterocycles. The van der Waals surface area contributed by atoms with E-state index in [1.165, 1.54) is 4.90 Å². The van der Waals surface area contributed by atoms with Crippen LogP contribution in [0.5, 0.6) is 0 Å². The number of likely N-dealkylation sites (tertiary alicyclic amines) is 1. The molecule has 7 atom stereocenters. The average molecular weight is 594 g/mol. The molecule has 4 aliphatic rings. The van der Waals surface area contributed by atoms with Gasteiger partial charge in [-0.05, 0) is 56.7 Å². The summed E-state index contributed by atoms with van der Waals surface area (Å²) in [5.41, 5.74) is 1.16. The van der Waals surface area contributed by atoms with Crippen molar-refractivity contribution in [3.8, 4) is 0 Å². The number of fused-ring (bicyclic) bond motifs is 2. The number of anilines is 1. The molecule has 43 heavy (non-hydrogen) atoms. The molecule has 0 aromatic heterocycles. The van der Waals surface area contributed by atoms with Crippen molar-refractivity contribution in [2.75, 3.05) is 24.6 Å². The van der Waals surface area contributed by atoms with E-state index >= 15 is 0 Å². The second-order valence-electron chi connectivity index (χ2n) is 12.7. The minimum absolute atomic E-state index is 0.131. The second kappa shape index (κ2) is 12.2. The Morgan fingerprint density at radius 2 is 1.88 bits per heavy atom. The van der Waals surface area contributed by atoms with Gasteiger partial charge >= 0.3 is 5.97 Å². The Morgan fingerprint density at radius 3 is 2.60 bits per heavy atom. The van der Waals surface area contributed by atoms with E-state index in [0.29, 0.717) is 18.5 Å². The summed E-state index contributed by atoms with van der Waals surface area (Å²) in [4.78, 5) is 58.6. The third kappa shape index (κ3) is 5.62. The van der Waals surface area contributed by atoms with Gasteiger partial charge in [0.05, 0.1) is 31.2 Å². The minimum atomic E-state index is -1.39. The molecule has 4 aliphatic heterocycles. The standard InChI is InChI=1S/C33H43N3O7/c1-19(2)15-23(18-37)36-29-31(40)35(24-16-20(3)10-11-21(24)4)14-8-6-7-9-26(38)34-17-22(5)42-32(41)27-25-12-13-33(29,43-25)28(27)30(36)39/h6,8,10-13,16,19,22-23,25,27-29,37H,7,9,14-15,17-18H2,1-5H3,(H,34,38)/b8-6-/t22-,23-,25+,27-,28-,29+,33-/m1/s1. The van der Waals surface area contributed by atoms with Crippen molar-refractivity contribution in [3.05, 3.63) is 53.6 Å². The highest BCUT2D eigenvalue weighted by Gasteiger charge is 2.74. The first kappa shape index (κ1) is 30.9. The second-order valence-corrected chi connectivity index (χ2v) is 12.7. The van der Waals surface area contributed by atoms with Crippen LogP contribution in [0, 0.1) is 31.6 Å². The maximum Gasteiger partial charge on any atom is 0.313 e. The van der Waals surface area contributed by atoms with E-state index < -0.39 is 53.6 Å². The van der Waals surface area contributed by atoms with E-state index in [9.17, 15) is 24.3 Å². The maximum absolute atomic E-state index is 15.0. The molecular formula is C33H43N3O7. The quantitative estimate of drug-likeness (QED) is 0.397. The van der Waals surface area contributed by atoms with Crippen LogP contribution in [-0.4, -0.2) is 83.3 Å². The topological polar surface area (TPSA) is 125 Å². The van der Waals surface area contributed by atoms with Crippen molar-refractivity contribution in [3.63, 3.8) is 0 Å². The lowest BCUT2D eigenvalue weighted by Crippen LogP contribution is -2.59. The number of ether oxygens (including phenoxy) is 2. The van der Waals surface area contributed by atoms with E-state index in [-0.39, 0.29) is 43.8 Å². The van der Waals surface area contributed by atoms with Gasteiger partial charge in [0.2, 0.25) is 11.8 Å². The summed E-state index contributed by atoms with van der Waals surface area (Å²) in [5, 5.41) is 13.4. The number of benzene rings is 1. The lowest BCUT2D eigenvalue weighted by Gasteiger charge is -2.39. The number of esters is 1. The van der Waals surface area contributed by atoms with E-state index in [1.54, 1.807) is 24.0 Å². The Labute approximate surface area is 253 Å². The summed E-state index contributed by atoms with van der Waals surface area (Å²) >= 11 is 0. The van der Waals surface area contributed by atoms with E-state index in [0.717, 1.165) is 11.1 Å². The highest BCUT2D eigenvalue weighted by atomic mass is 16.6. The molecule has 5 rings (SSSR count). The number of hydrogen-bond acceptors (Lipinski definition) is 7. The van der Waals surface area contributed by atoms with Gasteiger partial charge in [0.25, 0.3) is 5.91 Å². The molecule has 5 bridgehead atoms. The van der Waals surface area contributed by atoms with Crippen molar-refractivity contribution in [2.45, 2.75) is 83.8 Å². The number of carbonyl (C=O) groups excluding carboxylic acids is 4. The number of carbonyl (C=O) groups is 4. The molecule has 0 aliphatic carbocycles. The SMILES string of the molecule is Cc1ccc(C)c(N2C/C=C\CCC(=O)NC[C@@H](C)OC(=O)[C@@H]3[C@@H]4C=C[C@]5(O4)[C@H](C2=O)N([C@@H](CO)CC(C)C)C(=O)[C@@H]35)c1. The highest BCUT2D eigenvalue weighted by Crippen LogP contribution is 2.56. The van der Waals surface area contributed by atoms with Crippen LogP contribution in [0.25, 0.3) is 0 Å². The monoisotopic (exact) mass is 593 g/mol. The van der Waals surface area contributed by atoms with E-state index in [2.05, 4.69) is 5.32 Å². The number of aliphatic hydroxyl groups excluding tert-OH is 1. The van der Waals surface area contributed by atoms with Gasteiger partial charge in [-0.3, -0.25) is 19.2 Å². The lowest BCUT2D eigenvalue weighted by atomic mass is 9.74. The van der Waals surface area contributed by atoms with Crippen LogP contribution >= 0.6 is 0 Å². The largest absolute Gasteiger partial charge is 0.460 e. The zero-order valence-electron chi connectivity index (χ0n) is 25.6. The zero-order chi connectivity index (χ0) is 31.1. The predicted molar refractivity (Wildman–Crippen MR) is 160 cm³/mol. The smallest absolute Gasteiger partial charge is 0.313 e. The first-order valence-electron chi connectivity index (χ1n) is 15.3. The number of aliphatic hydroxyl groups is 1. The summed E-state index contributed by atoms with van der Waals surface area (Å²) in [6.07, 6.45) is 7.07. The van der Waals surface area contributed by atoms with Crippen LogP contribution < -0.4 is 10.2 Å². The highest BCUT2D eigenvalue weighted by molar-refractivity contribution is 6.05. The molecule has 1 aromatic carbocycles. The van der Waals surface area contributed by atoms with Crippen LogP contribution in [0.15, 0.2) is 42.5 Å². The number of nitrogens with one attached hydrogen (secondary N) is 1. The molecule has 0 radical (unpaired) electrons. The minimum Gasteiger partial charge on any atom is -0.460 e. The number of hydrogen-bond donors (Lipinski definition) is 2.